The van der Waals surface area contributed by atoms with E-state index in [0.717, 1.165) is 0 Å². The van der Waals surface area contributed by atoms with Crippen molar-refractivity contribution in [2.45, 2.75) is 65.2 Å². The van der Waals surface area contributed by atoms with Crippen LogP contribution in [0.4, 0.5) is 0 Å². The van der Waals surface area contributed by atoms with Gasteiger partial charge in [0.25, 0.3) is 0 Å². The van der Waals surface area contributed by atoms with Crippen molar-refractivity contribution in [2.75, 3.05) is 26.2 Å². The van der Waals surface area contributed by atoms with Gasteiger partial charge in [0, 0.05) is 57.9 Å². The van der Waals surface area contributed by atoms with Crippen LogP contribution in [0.5, 0.6) is 0 Å². The van der Waals surface area contributed by atoms with Crippen molar-refractivity contribution in [2.24, 2.45) is 0 Å². The van der Waals surface area contributed by atoms with E-state index in [2.05, 4.69) is 21.3 Å². The summed E-state index contributed by atoms with van der Waals surface area (Å²) in [5.41, 5.74) is 0. The first-order valence-corrected chi connectivity index (χ1v) is 11.1. The minimum atomic E-state index is -0.522. The van der Waals surface area contributed by atoms with Crippen molar-refractivity contribution in [1.82, 2.24) is 21.3 Å². The van der Waals surface area contributed by atoms with Gasteiger partial charge in [0.2, 0.25) is 23.6 Å². The summed E-state index contributed by atoms with van der Waals surface area (Å²) in [4.78, 5) is 92.1. The molecule has 0 saturated heterocycles. The van der Waals surface area contributed by atoms with Gasteiger partial charge in [-0.05, 0) is 13.8 Å². The summed E-state index contributed by atoms with van der Waals surface area (Å²) in [6, 6.07) is 0. The normalized spacial score (nSPS) is 10.1. The van der Waals surface area contributed by atoms with Crippen LogP contribution in [0.15, 0.2) is 0 Å². The number of hydrogen-bond donors (Lipinski definition) is 4. The van der Waals surface area contributed by atoms with Crippen molar-refractivity contribution in [3.63, 3.8) is 0 Å². The van der Waals surface area contributed by atoms with Crippen molar-refractivity contribution >= 4 is 46.8 Å². The Bertz CT molecular complexity index is 779. The van der Waals surface area contributed by atoms with Crippen LogP contribution < -0.4 is 21.3 Å². The average molecular weight is 483 g/mol. The van der Waals surface area contributed by atoms with Crippen LogP contribution in [-0.4, -0.2) is 72.9 Å². The SMILES string of the molecule is CCNC(=O)CCC(=O)CNC(=O)CCC(=O)CNC(=O)CCC(=O)CNC(=O)CCC(C)=O. The quantitative estimate of drug-likeness (QED) is 0.178. The van der Waals surface area contributed by atoms with E-state index >= 15 is 0 Å². The number of Topliss-reactive ketones (excluding diaryl/α,β-unsaturated/α-hetero) is 4. The monoisotopic (exact) mass is 482 g/mol. The molecule has 0 aromatic heterocycles. The van der Waals surface area contributed by atoms with Crippen LogP contribution in [-0.2, 0) is 38.4 Å². The fourth-order valence-corrected chi connectivity index (χ4v) is 2.46. The van der Waals surface area contributed by atoms with Crippen LogP contribution in [0.3, 0.4) is 0 Å². The summed E-state index contributed by atoms with van der Waals surface area (Å²) in [6.07, 6.45) is -0.428. The van der Waals surface area contributed by atoms with E-state index in [4.69, 9.17) is 0 Å². The maximum absolute atomic E-state index is 11.8. The highest BCUT2D eigenvalue weighted by atomic mass is 16.2. The van der Waals surface area contributed by atoms with Gasteiger partial charge >= 0.3 is 0 Å². The molecule has 4 amide bonds. The predicted molar refractivity (Wildman–Crippen MR) is 120 cm³/mol. The van der Waals surface area contributed by atoms with E-state index in [1.807, 2.05) is 0 Å². The number of rotatable bonds is 19. The maximum Gasteiger partial charge on any atom is 0.220 e. The van der Waals surface area contributed by atoms with Crippen LogP contribution in [0, 0.1) is 0 Å². The van der Waals surface area contributed by atoms with Gasteiger partial charge in [-0.1, -0.05) is 0 Å². The minimum Gasteiger partial charge on any atom is -0.356 e. The fourth-order valence-electron chi connectivity index (χ4n) is 2.46. The van der Waals surface area contributed by atoms with E-state index in [-0.39, 0.29) is 94.3 Å². The molecule has 0 saturated carbocycles. The van der Waals surface area contributed by atoms with Crippen molar-refractivity contribution in [3.8, 4) is 0 Å². The van der Waals surface area contributed by atoms with Gasteiger partial charge in [-0.25, -0.2) is 0 Å². The number of amides is 4. The molecule has 0 aliphatic rings. The third-order valence-corrected chi connectivity index (χ3v) is 4.42. The van der Waals surface area contributed by atoms with Crippen LogP contribution in [0.25, 0.3) is 0 Å². The number of carbonyl (C=O) groups excluding carboxylic acids is 8. The second kappa shape index (κ2) is 18.0. The molecule has 12 nitrogen and oxygen atoms in total. The molecule has 12 heteroatoms. The molecule has 0 rings (SSSR count). The molecule has 0 aliphatic heterocycles. The molecular formula is C22H34N4O8. The molecule has 0 atom stereocenters. The fraction of sp³-hybridized carbons (Fsp3) is 0.636. The van der Waals surface area contributed by atoms with Crippen LogP contribution in [0.1, 0.15) is 65.2 Å². The van der Waals surface area contributed by atoms with Gasteiger partial charge in [-0.3, -0.25) is 33.6 Å². The second-order valence-electron chi connectivity index (χ2n) is 7.60. The minimum absolute atomic E-state index is 0.00267. The highest BCUT2D eigenvalue weighted by Gasteiger charge is 2.13. The van der Waals surface area contributed by atoms with Crippen LogP contribution >= 0.6 is 0 Å². The predicted octanol–water partition coefficient (Wildman–Crippen LogP) is -1.11. The van der Waals surface area contributed by atoms with E-state index in [1.54, 1.807) is 6.92 Å². The molecule has 34 heavy (non-hydrogen) atoms. The van der Waals surface area contributed by atoms with Crippen molar-refractivity contribution in [1.29, 1.82) is 0 Å². The standard InChI is InChI=1S/C22H34N4O8/c1-3-23-19(31)9-5-16(28)13-25-21(33)11-7-18(30)14-26-22(34)10-6-17(29)12-24-20(32)8-4-15(2)27/h3-14H2,1-2H3,(H,23,31)(H,24,32)(H,25,33)(H,26,34). The lowest BCUT2D eigenvalue weighted by Crippen LogP contribution is -2.33. The smallest absolute Gasteiger partial charge is 0.220 e. The molecule has 0 spiro atoms. The summed E-state index contributed by atoms with van der Waals surface area (Å²) in [6.45, 7) is 2.83. The lowest BCUT2D eigenvalue weighted by molar-refractivity contribution is -0.129. The van der Waals surface area contributed by atoms with E-state index < -0.39 is 23.5 Å². The highest BCUT2D eigenvalue weighted by Crippen LogP contribution is 1.96. The second-order valence-corrected chi connectivity index (χ2v) is 7.60. The van der Waals surface area contributed by atoms with Gasteiger partial charge in [0.05, 0.1) is 19.6 Å². The Morgan fingerprint density at radius 3 is 1.03 bits per heavy atom. The van der Waals surface area contributed by atoms with Gasteiger partial charge in [-0.2, -0.15) is 0 Å². The molecule has 0 aliphatic carbocycles. The van der Waals surface area contributed by atoms with Gasteiger partial charge in [0.15, 0.2) is 17.3 Å². The molecule has 0 bridgehead atoms. The Morgan fingerprint density at radius 2 is 0.735 bits per heavy atom. The van der Waals surface area contributed by atoms with E-state index in [1.165, 1.54) is 6.92 Å². The van der Waals surface area contributed by atoms with Gasteiger partial charge < -0.3 is 26.1 Å². The summed E-state index contributed by atoms with van der Waals surface area (Å²) in [7, 11) is 0. The Labute approximate surface area is 198 Å². The molecule has 0 unspecified atom stereocenters. The summed E-state index contributed by atoms with van der Waals surface area (Å²) < 4.78 is 0. The third kappa shape index (κ3) is 18.2. The molecule has 0 heterocycles. The first kappa shape index (κ1) is 30.6. The molecule has 0 aromatic carbocycles. The molecule has 4 N–H and O–H groups in total. The lowest BCUT2D eigenvalue weighted by Gasteiger charge is -2.07. The largest absolute Gasteiger partial charge is 0.356 e. The zero-order valence-electron chi connectivity index (χ0n) is 19.8. The zero-order chi connectivity index (χ0) is 25.9. The summed E-state index contributed by atoms with van der Waals surface area (Å²) in [5.74, 6) is -2.88. The average Bonchev–Trinajstić information content (AvgIpc) is 2.79. The van der Waals surface area contributed by atoms with E-state index in [0.29, 0.717) is 6.54 Å². The number of nitrogens with one attached hydrogen (secondary N) is 4. The Morgan fingerprint density at radius 1 is 0.441 bits per heavy atom. The van der Waals surface area contributed by atoms with Gasteiger partial charge in [-0.15, -0.1) is 0 Å². The number of hydrogen-bond acceptors (Lipinski definition) is 8. The maximum atomic E-state index is 11.8. The first-order chi connectivity index (χ1) is 16.0. The highest BCUT2D eigenvalue weighted by molar-refractivity contribution is 5.93. The molecular weight excluding hydrogens is 448 g/mol. The molecule has 190 valence electrons. The first-order valence-electron chi connectivity index (χ1n) is 11.1. The number of carbonyl (C=O) groups is 8. The molecule has 0 fully saturated rings. The number of ketones is 4. The Kier molecular flexibility index (Phi) is 16.2. The van der Waals surface area contributed by atoms with Crippen molar-refractivity contribution < 1.29 is 38.4 Å². The van der Waals surface area contributed by atoms with E-state index in [9.17, 15) is 38.4 Å². The van der Waals surface area contributed by atoms with Gasteiger partial charge in [0.1, 0.15) is 5.78 Å². The van der Waals surface area contributed by atoms with Crippen LogP contribution in [0.2, 0.25) is 0 Å². The molecule has 0 aromatic rings. The zero-order valence-corrected chi connectivity index (χ0v) is 19.8. The topological polar surface area (TPSA) is 185 Å². The Hall–Kier alpha value is -3.44. The molecule has 0 radical (unpaired) electrons. The third-order valence-electron chi connectivity index (χ3n) is 4.42. The summed E-state index contributed by atoms with van der Waals surface area (Å²) in [5, 5.41) is 9.67. The summed E-state index contributed by atoms with van der Waals surface area (Å²) >= 11 is 0. The lowest BCUT2D eigenvalue weighted by atomic mass is 10.1. The Balaban J connectivity index is 3.90. The van der Waals surface area contributed by atoms with Crippen molar-refractivity contribution in [3.05, 3.63) is 0 Å².